The van der Waals surface area contributed by atoms with Crippen molar-refractivity contribution in [1.82, 2.24) is 4.90 Å². The first-order chi connectivity index (χ1) is 9.16. The molecular formula is C16H24N2O. The predicted molar refractivity (Wildman–Crippen MR) is 77.6 cm³/mol. The molecule has 1 amide bonds. The summed E-state index contributed by atoms with van der Waals surface area (Å²) in [6.07, 6.45) is 2.59. The molecule has 0 bridgehead atoms. The Labute approximate surface area is 115 Å². The summed E-state index contributed by atoms with van der Waals surface area (Å²) in [4.78, 5) is 14.8. The van der Waals surface area contributed by atoms with Crippen LogP contribution >= 0.6 is 0 Å². The average Bonchev–Trinajstić information content (AvgIpc) is 2.49. The summed E-state index contributed by atoms with van der Waals surface area (Å²) in [6, 6.07) is 8.39. The lowest BCUT2D eigenvalue weighted by atomic mass is 9.80. The van der Waals surface area contributed by atoms with Crippen LogP contribution in [0.3, 0.4) is 0 Å². The molecule has 3 heteroatoms. The minimum absolute atomic E-state index is 0.231. The number of hydrogen-bond donors (Lipinski definition) is 1. The third kappa shape index (κ3) is 2.52. The zero-order chi connectivity index (χ0) is 13.9. The molecule has 0 aromatic heterocycles. The predicted octanol–water partition coefficient (Wildman–Crippen LogP) is 2.34. The van der Waals surface area contributed by atoms with Gasteiger partial charge in [0.15, 0.2) is 0 Å². The van der Waals surface area contributed by atoms with Gasteiger partial charge >= 0.3 is 0 Å². The molecule has 0 unspecified atom stereocenters. The highest BCUT2D eigenvalue weighted by Gasteiger charge is 2.37. The molecule has 0 fully saturated rings. The number of nitrogens with two attached hydrogens (primary N) is 1. The van der Waals surface area contributed by atoms with Crippen molar-refractivity contribution in [2.24, 2.45) is 11.1 Å². The fourth-order valence-corrected chi connectivity index (χ4v) is 2.93. The van der Waals surface area contributed by atoms with Crippen molar-refractivity contribution in [3.63, 3.8) is 0 Å². The third-order valence-electron chi connectivity index (χ3n) is 4.62. The van der Waals surface area contributed by atoms with Crippen molar-refractivity contribution in [3.05, 3.63) is 35.4 Å². The average molecular weight is 260 g/mol. The smallest absolute Gasteiger partial charge is 0.230 e. The standard InChI is InChI=1S/C16H24N2O/c1-3-16(4-2,12-17)15(19)18-10-9-13-7-5-6-8-14(13)11-18/h5-8H,3-4,9-12,17H2,1-2H3. The van der Waals surface area contributed by atoms with E-state index in [1.807, 2.05) is 11.0 Å². The maximum atomic E-state index is 12.8. The maximum absolute atomic E-state index is 12.8. The van der Waals surface area contributed by atoms with Gasteiger partial charge in [0, 0.05) is 19.6 Å². The molecule has 0 saturated carbocycles. The molecule has 0 atom stereocenters. The van der Waals surface area contributed by atoms with Gasteiger partial charge in [-0.1, -0.05) is 38.1 Å². The van der Waals surface area contributed by atoms with Crippen LogP contribution in [0.4, 0.5) is 0 Å². The highest BCUT2D eigenvalue weighted by atomic mass is 16.2. The lowest BCUT2D eigenvalue weighted by Crippen LogP contribution is -2.49. The number of nitrogens with zero attached hydrogens (tertiary/aromatic N) is 1. The van der Waals surface area contributed by atoms with Crippen molar-refractivity contribution < 1.29 is 4.79 Å². The largest absolute Gasteiger partial charge is 0.338 e. The molecule has 0 spiro atoms. The van der Waals surface area contributed by atoms with Gasteiger partial charge in [-0.3, -0.25) is 4.79 Å². The highest BCUT2D eigenvalue weighted by Crippen LogP contribution is 2.30. The molecule has 1 aromatic carbocycles. The van der Waals surface area contributed by atoms with Crippen molar-refractivity contribution in [2.45, 2.75) is 39.7 Å². The quantitative estimate of drug-likeness (QED) is 0.903. The van der Waals surface area contributed by atoms with Crippen LogP contribution in [0.25, 0.3) is 0 Å². The lowest BCUT2D eigenvalue weighted by molar-refractivity contribution is -0.143. The van der Waals surface area contributed by atoms with Gasteiger partial charge in [0.1, 0.15) is 0 Å². The van der Waals surface area contributed by atoms with Crippen LogP contribution in [0, 0.1) is 5.41 Å². The second kappa shape index (κ2) is 5.74. The second-order valence-electron chi connectivity index (χ2n) is 5.44. The Morgan fingerprint density at radius 3 is 2.47 bits per heavy atom. The number of rotatable bonds is 4. The molecule has 1 heterocycles. The molecule has 104 valence electrons. The summed E-state index contributed by atoms with van der Waals surface area (Å²) in [5.41, 5.74) is 8.17. The number of amides is 1. The molecule has 2 rings (SSSR count). The van der Waals surface area contributed by atoms with Crippen LogP contribution in [0.1, 0.15) is 37.8 Å². The van der Waals surface area contributed by atoms with E-state index in [4.69, 9.17) is 5.73 Å². The van der Waals surface area contributed by atoms with Gasteiger partial charge in [-0.05, 0) is 30.4 Å². The molecule has 1 aromatic rings. The Morgan fingerprint density at radius 1 is 1.26 bits per heavy atom. The van der Waals surface area contributed by atoms with Gasteiger partial charge in [0.2, 0.25) is 5.91 Å². The SMILES string of the molecule is CCC(CC)(CN)C(=O)N1CCc2ccccc2C1. The van der Waals surface area contributed by atoms with E-state index in [0.29, 0.717) is 6.54 Å². The first-order valence-corrected chi connectivity index (χ1v) is 7.23. The number of hydrogen-bond acceptors (Lipinski definition) is 2. The summed E-state index contributed by atoms with van der Waals surface area (Å²) in [5, 5.41) is 0. The van der Waals surface area contributed by atoms with E-state index in [1.165, 1.54) is 11.1 Å². The maximum Gasteiger partial charge on any atom is 0.230 e. The molecule has 0 saturated heterocycles. The Bertz CT molecular complexity index is 444. The number of carbonyl (C=O) groups excluding carboxylic acids is 1. The van der Waals surface area contributed by atoms with E-state index in [0.717, 1.165) is 32.4 Å². The summed E-state index contributed by atoms with van der Waals surface area (Å²) >= 11 is 0. The molecule has 2 N–H and O–H groups in total. The Kier molecular flexibility index (Phi) is 4.25. The minimum Gasteiger partial charge on any atom is -0.338 e. The van der Waals surface area contributed by atoms with Crippen LogP contribution in [0.2, 0.25) is 0 Å². The van der Waals surface area contributed by atoms with Crippen molar-refractivity contribution in [1.29, 1.82) is 0 Å². The second-order valence-corrected chi connectivity index (χ2v) is 5.44. The Morgan fingerprint density at radius 2 is 1.89 bits per heavy atom. The summed E-state index contributed by atoms with van der Waals surface area (Å²) < 4.78 is 0. The van der Waals surface area contributed by atoms with Crippen molar-refractivity contribution in [3.8, 4) is 0 Å². The highest BCUT2D eigenvalue weighted by molar-refractivity contribution is 5.83. The van der Waals surface area contributed by atoms with E-state index in [1.54, 1.807) is 0 Å². The van der Waals surface area contributed by atoms with Gasteiger partial charge in [0.05, 0.1) is 5.41 Å². The summed E-state index contributed by atoms with van der Waals surface area (Å²) in [5.74, 6) is 0.231. The Hall–Kier alpha value is -1.35. The van der Waals surface area contributed by atoms with Crippen LogP contribution in [-0.2, 0) is 17.8 Å². The topological polar surface area (TPSA) is 46.3 Å². The Balaban J connectivity index is 2.18. The van der Waals surface area contributed by atoms with Crippen LogP contribution in [-0.4, -0.2) is 23.9 Å². The van der Waals surface area contributed by atoms with Crippen molar-refractivity contribution >= 4 is 5.91 Å². The van der Waals surface area contributed by atoms with Gasteiger partial charge < -0.3 is 10.6 Å². The molecular weight excluding hydrogens is 236 g/mol. The van der Waals surface area contributed by atoms with E-state index >= 15 is 0 Å². The normalized spacial score (nSPS) is 15.2. The van der Waals surface area contributed by atoms with E-state index in [9.17, 15) is 4.79 Å². The van der Waals surface area contributed by atoms with Gasteiger partial charge in [0.25, 0.3) is 0 Å². The van der Waals surface area contributed by atoms with Gasteiger partial charge in [-0.15, -0.1) is 0 Å². The van der Waals surface area contributed by atoms with E-state index in [-0.39, 0.29) is 11.3 Å². The lowest BCUT2D eigenvalue weighted by Gasteiger charge is -2.37. The minimum atomic E-state index is -0.369. The van der Waals surface area contributed by atoms with Crippen LogP contribution in [0.5, 0.6) is 0 Å². The molecule has 0 radical (unpaired) electrons. The monoisotopic (exact) mass is 260 g/mol. The first-order valence-electron chi connectivity index (χ1n) is 7.23. The van der Waals surface area contributed by atoms with Crippen LogP contribution < -0.4 is 5.73 Å². The zero-order valence-corrected chi connectivity index (χ0v) is 12.0. The first kappa shape index (κ1) is 14.1. The molecule has 3 nitrogen and oxygen atoms in total. The number of fused-ring (bicyclic) bond motifs is 1. The zero-order valence-electron chi connectivity index (χ0n) is 12.0. The summed E-state index contributed by atoms with van der Waals surface area (Å²) in [7, 11) is 0. The molecule has 19 heavy (non-hydrogen) atoms. The summed E-state index contributed by atoms with van der Waals surface area (Å²) in [6.45, 7) is 6.11. The molecule has 1 aliphatic heterocycles. The fourth-order valence-electron chi connectivity index (χ4n) is 2.93. The fraction of sp³-hybridized carbons (Fsp3) is 0.562. The number of carbonyl (C=O) groups is 1. The van der Waals surface area contributed by atoms with Crippen molar-refractivity contribution in [2.75, 3.05) is 13.1 Å². The molecule has 1 aliphatic rings. The molecule has 0 aliphatic carbocycles. The van der Waals surface area contributed by atoms with E-state index < -0.39 is 0 Å². The van der Waals surface area contributed by atoms with E-state index in [2.05, 4.69) is 32.0 Å². The third-order valence-corrected chi connectivity index (χ3v) is 4.62. The van der Waals surface area contributed by atoms with Gasteiger partial charge in [-0.25, -0.2) is 0 Å². The number of benzene rings is 1. The van der Waals surface area contributed by atoms with Gasteiger partial charge in [-0.2, -0.15) is 0 Å². The van der Waals surface area contributed by atoms with Crippen LogP contribution in [0.15, 0.2) is 24.3 Å².